The average Bonchev–Trinajstić information content (AvgIpc) is 2.94. The Morgan fingerprint density at radius 1 is 1.22 bits per heavy atom. The zero-order valence-corrected chi connectivity index (χ0v) is 16.2. The molecule has 7 nitrogen and oxygen atoms in total. The van der Waals surface area contributed by atoms with Crippen LogP contribution in [0.4, 0.5) is 4.79 Å². The van der Waals surface area contributed by atoms with E-state index in [1.54, 1.807) is 20.9 Å². The van der Waals surface area contributed by atoms with E-state index in [4.69, 9.17) is 4.74 Å². The number of amides is 2. The van der Waals surface area contributed by atoms with Crippen molar-refractivity contribution in [3.8, 4) is 5.69 Å². The fourth-order valence-corrected chi connectivity index (χ4v) is 3.42. The van der Waals surface area contributed by atoms with Gasteiger partial charge in [0.05, 0.1) is 29.6 Å². The molecule has 2 heterocycles. The van der Waals surface area contributed by atoms with Gasteiger partial charge in [0.15, 0.2) is 0 Å². The van der Waals surface area contributed by atoms with Crippen LogP contribution in [0.25, 0.3) is 5.69 Å². The molecule has 7 heteroatoms. The first-order chi connectivity index (χ1) is 12.9. The van der Waals surface area contributed by atoms with E-state index in [0.717, 1.165) is 22.6 Å². The first-order valence-corrected chi connectivity index (χ1v) is 8.90. The third kappa shape index (κ3) is 3.20. The third-order valence-electron chi connectivity index (χ3n) is 4.89. The predicted molar refractivity (Wildman–Crippen MR) is 101 cm³/mol. The van der Waals surface area contributed by atoms with Crippen molar-refractivity contribution in [2.45, 2.75) is 33.7 Å². The van der Waals surface area contributed by atoms with Crippen LogP contribution < -0.4 is 5.32 Å². The van der Waals surface area contributed by atoms with E-state index in [0.29, 0.717) is 11.3 Å². The van der Waals surface area contributed by atoms with Gasteiger partial charge in [0, 0.05) is 24.0 Å². The SMILES string of the molecule is CCOC(=O)C1=C(C)N(C)C(=O)N[C@@H]1c1c(C)nn(-c2ccccc2)c1C. The van der Waals surface area contributed by atoms with Crippen LogP contribution in [0, 0.1) is 13.8 Å². The summed E-state index contributed by atoms with van der Waals surface area (Å²) < 4.78 is 7.08. The highest BCUT2D eigenvalue weighted by Crippen LogP contribution is 2.34. The van der Waals surface area contributed by atoms with Crippen LogP contribution in [0.1, 0.15) is 36.8 Å². The highest BCUT2D eigenvalue weighted by Gasteiger charge is 2.37. The summed E-state index contributed by atoms with van der Waals surface area (Å²) >= 11 is 0. The summed E-state index contributed by atoms with van der Waals surface area (Å²) in [6, 6.07) is 8.88. The first-order valence-electron chi connectivity index (χ1n) is 8.90. The molecule has 0 unspecified atom stereocenters. The lowest BCUT2D eigenvalue weighted by molar-refractivity contribution is -0.139. The average molecular weight is 368 g/mol. The van der Waals surface area contributed by atoms with E-state index in [1.807, 2.05) is 48.9 Å². The van der Waals surface area contributed by atoms with Crippen LogP contribution in [0.15, 0.2) is 41.6 Å². The lowest BCUT2D eigenvalue weighted by Gasteiger charge is -2.33. The van der Waals surface area contributed by atoms with E-state index in [-0.39, 0.29) is 12.6 Å². The molecule has 0 fully saturated rings. The van der Waals surface area contributed by atoms with Crippen molar-refractivity contribution < 1.29 is 14.3 Å². The van der Waals surface area contributed by atoms with Crippen molar-refractivity contribution in [1.82, 2.24) is 20.0 Å². The maximum atomic E-state index is 12.7. The molecule has 1 aliphatic heterocycles. The molecule has 0 bridgehead atoms. The quantitative estimate of drug-likeness (QED) is 0.842. The minimum absolute atomic E-state index is 0.265. The Morgan fingerprint density at radius 2 is 1.89 bits per heavy atom. The van der Waals surface area contributed by atoms with Gasteiger partial charge in [0.1, 0.15) is 0 Å². The van der Waals surface area contributed by atoms with Gasteiger partial charge in [-0.2, -0.15) is 5.10 Å². The number of hydrogen-bond acceptors (Lipinski definition) is 4. The number of carbonyl (C=O) groups is 2. The fourth-order valence-electron chi connectivity index (χ4n) is 3.42. The molecule has 0 saturated heterocycles. The Bertz CT molecular complexity index is 915. The predicted octanol–water partition coefficient (Wildman–Crippen LogP) is 3.02. The summed E-state index contributed by atoms with van der Waals surface area (Å²) in [4.78, 5) is 26.5. The molecule has 1 atom stereocenters. The molecule has 0 radical (unpaired) electrons. The molecule has 1 N–H and O–H groups in total. The summed E-state index contributed by atoms with van der Waals surface area (Å²) in [5, 5.41) is 7.57. The number of rotatable bonds is 4. The van der Waals surface area contributed by atoms with Gasteiger partial charge in [-0.05, 0) is 39.8 Å². The summed E-state index contributed by atoms with van der Waals surface area (Å²) in [5.74, 6) is -0.432. The van der Waals surface area contributed by atoms with Crippen molar-refractivity contribution in [1.29, 1.82) is 0 Å². The van der Waals surface area contributed by atoms with E-state index in [9.17, 15) is 9.59 Å². The van der Waals surface area contributed by atoms with E-state index in [2.05, 4.69) is 10.4 Å². The number of hydrogen-bond donors (Lipinski definition) is 1. The van der Waals surface area contributed by atoms with Gasteiger partial charge in [-0.25, -0.2) is 14.3 Å². The standard InChI is InChI=1S/C20H24N4O3/c1-6-27-19(25)17-13(3)23(5)20(26)21-18(17)16-12(2)22-24(14(16)4)15-10-8-7-9-11-15/h7-11,18H,6H2,1-5H3,(H,21,26)/t18-/m1/s1. The van der Waals surface area contributed by atoms with Crippen LogP contribution in [0.2, 0.25) is 0 Å². The normalized spacial score (nSPS) is 17.1. The number of benzene rings is 1. The van der Waals surface area contributed by atoms with Crippen molar-refractivity contribution >= 4 is 12.0 Å². The van der Waals surface area contributed by atoms with Crippen LogP contribution in [-0.4, -0.2) is 40.3 Å². The van der Waals surface area contributed by atoms with Gasteiger partial charge >= 0.3 is 12.0 Å². The summed E-state index contributed by atoms with van der Waals surface area (Å²) in [6.45, 7) is 7.60. The summed E-state index contributed by atoms with van der Waals surface area (Å²) in [5.41, 5.74) is 4.35. The Labute approximate surface area is 158 Å². The van der Waals surface area contributed by atoms with Gasteiger partial charge in [0.2, 0.25) is 0 Å². The van der Waals surface area contributed by atoms with Gasteiger partial charge < -0.3 is 15.0 Å². The molecule has 27 heavy (non-hydrogen) atoms. The highest BCUT2D eigenvalue weighted by atomic mass is 16.5. The van der Waals surface area contributed by atoms with Gasteiger partial charge in [-0.15, -0.1) is 0 Å². The number of para-hydroxylation sites is 1. The Hall–Kier alpha value is -3.09. The molecule has 2 amide bonds. The van der Waals surface area contributed by atoms with E-state index < -0.39 is 12.0 Å². The topological polar surface area (TPSA) is 76.5 Å². The lowest BCUT2D eigenvalue weighted by Crippen LogP contribution is -2.46. The highest BCUT2D eigenvalue weighted by molar-refractivity contribution is 5.95. The van der Waals surface area contributed by atoms with Gasteiger partial charge in [-0.3, -0.25) is 0 Å². The largest absolute Gasteiger partial charge is 0.463 e. The number of aromatic nitrogens is 2. The minimum atomic E-state index is -0.606. The maximum absolute atomic E-state index is 12.7. The number of nitrogens with one attached hydrogen (secondary N) is 1. The Kier molecular flexibility index (Phi) is 5.03. The molecule has 0 saturated carbocycles. The number of nitrogens with zero attached hydrogens (tertiary/aromatic N) is 3. The molecule has 2 aromatic rings. The van der Waals surface area contributed by atoms with Crippen molar-refractivity contribution in [3.05, 3.63) is 58.6 Å². The number of esters is 1. The molecular weight excluding hydrogens is 344 g/mol. The fraction of sp³-hybridized carbons (Fsp3) is 0.350. The minimum Gasteiger partial charge on any atom is -0.463 e. The number of urea groups is 1. The molecule has 3 rings (SSSR count). The Morgan fingerprint density at radius 3 is 2.52 bits per heavy atom. The van der Waals surface area contributed by atoms with Crippen LogP contribution >= 0.6 is 0 Å². The van der Waals surface area contributed by atoms with Gasteiger partial charge in [0.25, 0.3) is 0 Å². The molecule has 142 valence electrons. The third-order valence-corrected chi connectivity index (χ3v) is 4.89. The summed E-state index contributed by atoms with van der Waals surface area (Å²) in [7, 11) is 1.63. The maximum Gasteiger partial charge on any atom is 0.338 e. The van der Waals surface area contributed by atoms with E-state index >= 15 is 0 Å². The molecule has 1 aromatic carbocycles. The number of ether oxygens (including phenoxy) is 1. The van der Waals surface area contributed by atoms with Crippen LogP contribution in [-0.2, 0) is 9.53 Å². The smallest absolute Gasteiger partial charge is 0.338 e. The second kappa shape index (κ2) is 7.26. The number of carbonyl (C=O) groups excluding carboxylic acids is 2. The zero-order chi connectivity index (χ0) is 19.7. The molecule has 1 aromatic heterocycles. The second-order valence-electron chi connectivity index (χ2n) is 6.49. The van der Waals surface area contributed by atoms with Crippen LogP contribution in [0.5, 0.6) is 0 Å². The monoisotopic (exact) mass is 368 g/mol. The summed E-state index contributed by atoms with van der Waals surface area (Å²) in [6.07, 6.45) is 0. The molecule has 0 spiro atoms. The van der Waals surface area contributed by atoms with Crippen LogP contribution in [0.3, 0.4) is 0 Å². The van der Waals surface area contributed by atoms with Gasteiger partial charge in [-0.1, -0.05) is 18.2 Å². The molecule has 0 aliphatic carbocycles. The first kappa shape index (κ1) is 18.7. The van der Waals surface area contributed by atoms with Crippen molar-refractivity contribution in [2.75, 3.05) is 13.7 Å². The second-order valence-corrected chi connectivity index (χ2v) is 6.49. The van der Waals surface area contributed by atoms with E-state index in [1.165, 1.54) is 4.90 Å². The van der Waals surface area contributed by atoms with Crippen molar-refractivity contribution in [2.24, 2.45) is 0 Å². The van der Waals surface area contributed by atoms with Crippen molar-refractivity contribution in [3.63, 3.8) is 0 Å². The zero-order valence-electron chi connectivity index (χ0n) is 16.2. The molecular formula is C20H24N4O3. The Balaban J connectivity index is 2.15. The lowest BCUT2D eigenvalue weighted by atomic mass is 9.93. The molecule has 1 aliphatic rings. The number of aryl methyl sites for hydroxylation is 1. The number of allylic oxidation sites excluding steroid dienone is 1.